The second-order valence-electron chi connectivity index (χ2n) is 5.95. The Morgan fingerprint density at radius 1 is 1.17 bits per heavy atom. The van der Waals surface area contributed by atoms with Gasteiger partial charge >= 0.3 is 0 Å². The molecule has 0 saturated heterocycles. The van der Waals surface area contributed by atoms with Gasteiger partial charge in [-0.1, -0.05) is 18.2 Å². The summed E-state index contributed by atoms with van der Waals surface area (Å²) < 4.78 is 7.63. The maximum absolute atomic E-state index is 12.1. The molecule has 3 rings (SSSR count). The molecule has 3 aromatic rings. The van der Waals surface area contributed by atoms with Crippen molar-refractivity contribution in [2.75, 3.05) is 0 Å². The summed E-state index contributed by atoms with van der Waals surface area (Å²) in [5.41, 5.74) is 5.27. The number of hydrogen-bond acceptors (Lipinski definition) is 4. The number of hydrazone groups is 1. The molecule has 7 heteroatoms. The molecule has 0 saturated carbocycles. The predicted octanol–water partition coefficient (Wildman–Crippen LogP) is 5.27. The van der Waals surface area contributed by atoms with Crippen LogP contribution in [0, 0.1) is 14.9 Å². The maximum Gasteiger partial charge on any atom is 0.271 e. The summed E-state index contributed by atoms with van der Waals surface area (Å²) in [6.45, 7) is 0.293. The van der Waals surface area contributed by atoms with Crippen LogP contribution in [0.25, 0.3) is 0 Å². The van der Waals surface area contributed by atoms with E-state index in [2.05, 4.69) is 55.1 Å². The van der Waals surface area contributed by atoms with E-state index in [1.54, 1.807) is 30.5 Å². The van der Waals surface area contributed by atoms with Gasteiger partial charge in [-0.3, -0.25) is 4.79 Å². The Morgan fingerprint density at radius 3 is 2.66 bits per heavy atom. The lowest BCUT2D eigenvalue weighted by Gasteiger charge is -2.10. The van der Waals surface area contributed by atoms with Crippen molar-refractivity contribution in [3.05, 3.63) is 97.0 Å². The van der Waals surface area contributed by atoms with Gasteiger partial charge in [-0.25, -0.2) is 5.43 Å². The highest BCUT2D eigenvalue weighted by Crippen LogP contribution is 2.26. The number of rotatable bonds is 6. The summed E-state index contributed by atoms with van der Waals surface area (Å²) in [6, 6.07) is 22.2. The Balaban J connectivity index is 1.60. The molecule has 1 amide bonds. The lowest BCUT2D eigenvalue weighted by molar-refractivity contribution is 0.0955. The summed E-state index contributed by atoms with van der Waals surface area (Å²) in [7, 11) is 0. The Hall–Kier alpha value is -2.70. The lowest BCUT2D eigenvalue weighted by atomic mass is 10.1. The Kier molecular flexibility index (Phi) is 7.38. The topological polar surface area (TPSA) is 74.5 Å². The van der Waals surface area contributed by atoms with Crippen LogP contribution in [0.2, 0.25) is 0 Å². The fourth-order valence-corrected chi connectivity index (χ4v) is 3.33. The molecular weight excluding hydrogens is 545 g/mol. The van der Waals surface area contributed by atoms with Crippen LogP contribution in [-0.2, 0) is 6.61 Å². The van der Waals surface area contributed by atoms with Crippen LogP contribution in [0.1, 0.15) is 27.0 Å². The van der Waals surface area contributed by atoms with Gasteiger partial charge in [-0.05, 0) is 92.6 Å². The molecule has 29 heavy (non-hydrogen) atoms. The molecule has 0 radical (unpaired) electrons. The minimum Gasteiger partial charge on any atom is -0.488 e. The van der Waals surface area contributed by atoms with Crippen molar-refractivity contribution >= 4 is 50.6 Å². The molecule has 144 valence electrons. The number of ether oxygens (including phenoxy) is 1. The van der Waals surface area contributed by atoms with Gasteiger partial charge in [0.15, 0.2) is 0 Å². The van der Waals surface area contributed by atoms with Crippen molar-refractivity contribution in [2.45, 2.75) is 6.61 Å². The molecule has 0 atom stereocenters. The van der Waals surface area contributed by atoms with Gasteiger partial charge in [-0.2, -0.15) is 10.4 Å². The smallest absolute Gasteiger partial charge is 0.271 e. The van der Waals surface area contributed by atoms with Gasteiger partial charge in [0.1, 0.15) is 12.4 Å². The molecular formula is C22H15BrIN3O2. The molecule has 0 aliphatic carbocycles. The summed E-state index contributed by atoms with van der Waals surface area (Å²) in [5, 5.41) is 13.2. The highest BCUT2D eigenvalue weighted by atomic mass is 127. The molecule has 0 fully saturated rings. The zero-order chi connectivity index (χ0) is 20.6. The number of halogens is 2. The zero-order valence-electron chi connectivity index (χ0n) is 15.1. The third-order valence-electron chi connectivity index (χ3n) is 3.96. The summed E-state index contributed by atoms with van der Waals surface area (Å²) in [6.07, 6.45) is 1.56. The first-order valence-corrected chi connectivity index (χ1v) is 10.4. The molecule has 0 aliphatic heterocycles. The van der Waals surface area contributed by atoms with Gasteiger partial charge in [0.05, 0.1) is 22.3 Å². The number of nitriles is 1. The molecule has 0 aliphatic rings. The first-order chi connectivity index (χ1) is 14.1. The number of carbonyl (C=O) groups excluding carboxylic acids is 1. The fourth-order valence-electron chi connectivity index (χ4n) is 2.46. The van der Waals surface area contributed by atoms with Gasteiger partial charge in [0.2, 0.25) is 0 Å². The number of nitrogens with one attached hydrogen (secondary N) is 1. The molecule has 0 bridgehead atoms. The number of hydrogen-bond donors (Lipinski definition) is 1. The number of benzene rings is 3. The fraction of sp³-hybridized carbons (Fsp3) is 0.0455. The van der Waals surface area contributed by atoms with Crippen LogP contribution in [0.3, 0.4) is 0 Å². The monoisotopic (exact) mass is 559 g/mol. The first-order valence-electron chi connectivity index (χ1n) is 8.56. The number of amides is 1. The van der Waals surface area contributed by atoms with Crippen molar-refractivity contribution in [3.8, 4) is 11.8 Å². The molecule has 3 aromatic carbocycles. The number of carbonyl (C=O) groups is 1. The largest absolute Gasteiger partial charge is 0.488 e. The quantitative estimate of drug-likeness (QED) is 0.254. The van der Waals surface area contributed by atoms with Gasteiger partial charge < -0.3 is 4.74 Å². The Bertz CT molecular complexity index is 1090. The third kappa shape index (κ3) is 5.89. The third-order valence-corrected chi connectivity index (χ3v) is 5.30. The van der Waals surface area contributed by atoms with E-state index in [9.17, 15) is 4.79 Å². The van der Waals surface area contributed by atoms with Crippen LogP contribution >= 0.6 is 38.5 Å². The Morgan fingerprint density at radius 2 is 1.93 bits per heavy atom. The summed E-state index contributed by atoms with van der Waals surface area (Å²) in [4.78, 5) is 12.1. The van der Waals surface area contributed by atoms with Crippen molar-refractivity contribution in [1.82, 2.24) is 5.43 Å². The van der Waals surface area contributed by atoms with Crippen LogP contribution < -0.4 is 10.2 Å². The normalized spacial score (nSPS) is 10.5. The average Bonchev–Trinajstić information content (AvgIpc) is 2.73. The first kappa shape index (κ1) is 21.0. The van der Waals surface area contributed by atoms with E-state index < -0.39 is 0 Å². The SMILES string of the molecule is N#Cc1ccccc1COc1ccc(/C=N\NC(=O)c2ccc(I)cc2)cc1Br. The predicted molar refractivity (Wildman–Crippen MR) is 124 cm³/mol. The van der Waals surface area contributed by atoms with E-state index in [-0.39, 0.29) is 5.91 Å². The van der Waals surface area contributed by atoms with E-state index >= 15 is 0 Å². The average molecular weight is 560 g/mol. The molecule has 0 unspecified atom stereocenters. The molecule has 0 spiro atoms. The van der Waals surface area contributed by atoms with Gasteiger partial charge in [-0.15, -0.1) is 0 Å². The van der Waals surface area contributed by atoms with Gasteiger partial charge in [0, 0.05) is 14.7 Å². The lowest BCUT2D eigenvalue weighted by Crippen LogP contribution is -2.17. The molecule has 0 aromatic heterocycles. The van der Waals surface area contributed by atoms with Crippen molar-refractivity contribution in [1.29, 1.82) is 5.26 Å². The molecule has 5 nitrogen and oxygen atoms in total. The second-order valence-corrected chi connectivity index (χ2v) is 8.05. The van der Waals surface area contributed by atoms with Crippen LogP contribution in [0.4, 0.5) is 0 Å². The second kappa shape index (κ2) is 10.2. The minimum absolute atomic E-state index is 0.271. The highest BCUT2D eigenvalue weighted by molar-refractivity contribution is 14.1. The van der Waals surface area contributed by atoms with Crippen molar-refractivity contribution < 1.29 is 9.53 Å². The van der Waals surface area contributed by atoms with Crippen molar-refractivity contribution in [3.63, 3.8) is 0 Å². The summed E-state index contributed by atoms with van der Waals surface area (Å²) >= 11 is 5.67. The van der Waals surface area contributed by atoms with E-state index in [1.165, 1.54) is 0 Å². The van der Waals surface area contributed by atoms with Gasteiger partial charge in [0.25, 0.3) is 5.91 Å². The maximum atomic E-state index is 12.1. The van der Waals surface area contributed by atoms with Crippen LogP contribution in [0.5, 0.6) is 5.75 Å². The molecule has 1 N–H and O–H groups in total. The van der Waals surface area contributed by atoms with Crippen molar-refractivity contribution in [2.24, 2.45) is 5.10 Å². The Labute approximate surface area is 190 Å². The van der Waals surface area contributed by atoms with E-state index in [4.69, 9.17) is 10.00 Å². The molecule has 0 heterocycles. The highest BCUT2D eigenvalue weighted by Gasteiger charge is 2.06. The summed E-state index contributed by atoms with van der Waals surface area (Å²) in [5.74, 6) is 0.380. The number of nitrogens with zero attached hydrogens (tertiary/aromatic N) is 2. The standard InChI is InChI=1S/C22H15BrIN3O2/c23-20-11-15(13-26-27-22(28)16-6-8-19(24)9-7-16)5-10-21(20)29-14-18-4-2-1-3-17(18)12-25/h1-11,13H,14H2,(H,27,28)/b26-13-. The van der Waals surface area contributed by atoms with Crippen LogP contribution in [0.15, 0.2) is 76.3 Å². The van der Waals surface area contributed by atoms with E-state index in [0.29, 0.717) is 23.5 Å². The minimum atomic E-state index is -0.271. The van der Waals surface area contributed by atoms with E-state index in [1.807, 2.05) is 42.5 Å². The van der Waals surface area contributed by atoms with Crippen LogP contribution in [-0.4, -0.2) is 12.1 Å². The zero-order valence-corrected chi connectivity index (χ0v) is 18.8. The van der Waals surface area contributed by atoms with E-state index in [0.717, 1.165) is 19.2 Å².